The summed E-state index contributed by atoms with van der Waals surface area (Å²) in [7, 11) is -2.22. The van der Waals surface area contributed by atoms with Crippen LogP contribution in [0.4, 0.5) is 0 Å². The molecular weight excluding hydrogens is 310 g/mol. The first kappa shape index (κ1) is 18.6. The number of carboxylic acids is 1. The normalized spacial score (nSPS) is 13.5. The minimum Gasteiger partial charge on any atom is -0.481 e. The van der Waals surface area contributed by atoms with Gasteiger partial charge in [-0.15, -0.1) is 0 Å². The molecule has 0 aliphatic heterocycles. The maximum Gasteiger partial charge on any atom is 0.307 e. The first-order valence-electron chi connectivity index (χ1n) is 7.00. The van der Waals surface area contributed by atoms with Crippen LogP contribution < -0.4 is 4.72 Å². The van der Waals surface area contributed by atoms with Crippen molar-refractivity contribution in [1.82, 2.24) is 14.5 Å². The van der Waals surface area contributed by atoms with Crippen molar-refractivity contribution in [1.29, 1.82) is 0 Å². The largest absolute Gasteiger partial charge is 0.481 e. The van der Waals surface area contributed by atoms with Gasteiger partial charge in [-0.05, 0) is 12.3 Å². The number of methoxy groups -OCH3 is 1. The number of nitrogens with zero attached hydrogens (tertiary/aromatic N) is 2. The summed E-state index contributed by atoms with van der Waals surface area (Å²) in [5.41, 5.74) is 0. The number of aromatic nitrogens is 2. The van der Waals surface area contributed by atoms with Crippen LogP contribution in [0.1, 0.15) is 20.3 Å². The average molecular weight is 333 g/mol. The molecule has 0 radical (unpaired) electrons. The average Bonchev–Trinajstić information content (AvgIpc) is 2.90. The molecular formula is C13H23N3O5S. The van der Waals surface area contributed by atoms with Gasteiger partial charge in [-0.2, -0.15) is 5.10 Å². The van der Waals surface area contributed by atoms with Gasteiger partial charge >= 0.3 is 5.97 Å². The molecule has 0 amide bonds. The van der Waals surface area contributed by atoms with Gasteiger partial charge in [0.2, 0.25) is 10.0 Å². The van der Waals surface area contributed by atoms with Crippen molar-refractivity contribution in [2.75, 3.05) is 20.3 Å². The molecule has 1 unspecified atom stereocenters. The first-order chi connectivity index (χ1) is 10.3. The summed E-state index contributed by atoms with van der Waals surface area (Å²) in [5, 5.41) is 13.1. The van der Waals surface area contributed by atoms with E-state index in [2.05, 4.69) is 9.82 Å². The third-order valence-corrected chi connectivity index (χ3v) is 4.45. The highest BCUT2D eigenvalue weighted by molar-refractivity contribution is 7.89. The van der Waals surface area contributed by atoms with Crippen molar-refractivity contribution >= 4 is 16.0 Å². The topological polar surface area (TPSA) is 111 Å². The first-order valence-corrected chi connectivity index (χ1v) is 8.48. The zero-order chi connectivity index (χ0) is 16.8. The number of rotatable bonds is 10. The van der Waals surface area contributed by atoms with Crippen molar-refractivity contribution in [3.05, 3.63) is 12.4 Å². The maximum atomic E-state index is 12.1. The Hall–Kier alpha value is -1.45. The molecule has 126 valence electrons. The van der Waals surface area contributed by atoms with E-state index in [-0.39, 0.29) is 17.4 Å². The molecule has 0 aliphatic rings. The van der Waals surface area contributed by atoms with Gasteiger partial charge in [0.1, 0.15) is 4.90 Å². The monoisotopic (exact) mass is 333 g/mol. The molecule has 1 atom stereocenters. The summed E-state index contributed by atoms with van der Waals surface area (Å²) in [6.07, 6.45) is 3.03. The Bertz CT molecular complexity index is 582. The van der Waals surface area contributed by atoms with E-state index >= 15 is 0 Å². The zero-order valence-electron chi connectivity index (χ0n) is 13.0. The molecule has 0 fully saturated rings. The zero-order valence-corrected chi connectivity index (χ0v) is 13.8. The Balaban J connectivity index is 2.69. The number of ether oxygens (including phenoxy) is 1. The molecule has 0 aliphatic carbocycles. The van der Waals surface area contributed by atoms with E-state index in [0.717, 1.165) is 0 Å². The fourth-order valence-electron chi connectivity index (χ4n) is 1.92. The van der Waals surface area contributed by atoms with E-state index in [1.54, 1.807) is 7.11 Å². The van der Waals surface area contributed by atoms with Crippen molar-refractivity contribution in [2.45, 2.75) is 31.7 Å². The van der Waals surface area contributed by atoms with E-state index in [1.165, 1.54) is 17.1 Å². The van der Waals surface area contributed by atoms with Gasteiger partial charge < -0.3 is 9.84 Å². The summed E-state index contributed by atoms with van der Waals surface area (Å²) >= 11 is 0. The molecule has 22 heavy (non-hydrogen) atoms. The van der Waals surface area contributed by atoms with Crippen molar-refractivity contribution in [3.63, 3.8) is 0 Å². The van der Waals surface area contributed by atoms with E-state index in [9.17, 15) is 13.2 Å². The van der Waals surface area contributed by atoms with Crippen LogP contribution in [-0.4, -0.2) is 49.5 Å². The third kappa shape index (κ3) is 5.74. The second-order valence-electron chi connectivity index (χ2n) is 5.45. The van der Waals surface area contributed by atoms with Crippen molar-refractivity contribution in [2.24, 2.45) is 11.8 Å². The fraction of sp³-hybridized carbons (Fsp3) is 0.692. The lowest BCUT2D eigenvalue weighted by molar-refractivity contribution is -0.142. The Morgan fingerprint density at radius 1 is 1.50 bits per heavy atom. The van der Waals surface area contributed by atoms with Gasteiger partial charge in [0, 0.05) is 19.9 Å². The van der Waals surface area contributed by atoms with Gasteiger partial charge in [-0.25, -0.2) is 13.1 Å². The molecule has 2 N–H and O–H groups in total. The molecule has 1 aromatic rings. The molecule has 0 aromatic carbocycles. The lowest BCUT2D eigenvalue weighted by atomic mass is 9.98. The van der Waals surface area contributed by atoms with E-state index in [1.807, 2.05) is 13.8 Å². The highest BCUT2D eigenvalue weighted by Gasteiger charge is 2.23. The van der Waals surface area contributed by atoms with E-state index in [0.29, 0.717) is 19.6 Å². The Kier molecular flexibility index (Phi) is 6.98. The van der Waals surface area contributed by atoms with Gasteiger partial charge in [0.25, 0.3) is 0 Å². The highest BCUT2D eigenvalue weighted by atomic mass is 32.2. The van der Waals surface area contributed by atoms with Crippen LogP contribution in [0.5, 0.6) is 0 Å². The smallest absolute Gasteiger partial charge is 0.307 e. The summed E-state index contributed by atoms with van der Waals surface area (Å²) in [6, 6.07) is 0. The third-order valence-electron chi connectivity index (χ3n) is 3.07. The maximum absolute atomic E-state index is 12.1. The number of carboxylic acid groups (broad SMARTS) is 1. The Labute approximate surface area is 130 Å². The van der Waals surface area contributed by atoms with E-state index in [4.69, 9.17) is 9.84 Å². The predicted octanol–water partition coefficient (Wildman–Crippen LogP) is 0.555. The van der Waals surface area contributed by atoms with Gasteiger partial charge in [-0.3, -0.25) is 9.48 Å². The van der Waals surface area contributed by atoms with Crippen LogP contribution in [0.2, 0.25) is 0 Å². The van der Waals surface area contributed by atoms with Crippen molar-refractivity contribution < 1.29 is 23.1 Å². The molecule has 0 saturated carbocycles. The molecule has 9 heteroatoms. The fourth-order valence-corrected chi connectivity index (χ4v) is 2.96. The van der Waals surface area contributed by atoms with Gasteiger partial charge in [-0.1, -0.05) is 13.8 Å². The van der Waals surface area contributed by atoms with E-state index < -0.39 is 21.9 Å². The van der Waals surface area contributed by atoms with Crippen LogP contribution >= 0.6 is 0 Å². The lowest BCUT2D eigenvalue weighted by Crippen LogP contribution is -2.33. The number of hydrogen-bond acceptors (Lipinski definition) is 5. The minimum atomic E-state index is -3.77. The van der Waals surface area contributed by atoms with Crippen molar-refractivity contribution in [3.8, 4) is 0 Å². The molecule has 1 aromatic heterocycles. The van der Waals surface area contributed by atoms with Crippen LogP contribution in [0, 0.1) is 11.8 Å². The summed E-state index contributed by atoms with van der Waals surface area (Å²) < 4.78 is 33.0. The van der Waals surface area contributed by atoms with Crippen LogP contribution in [-0.2, 0) is 26.1 Å². The molecule has 0 saturated heterocycles. The second-order valence-corrected chi connectivity index (χ2v) is 7.22. The molecule has 0 spiro atoms. The van der Waals surface area contributed by atoms with Gasteiger partial charge in [0.15, 0.2) is 0 Å². The second kappa shape index (κ2) is 8.25. The minimum absolute atomic E-state index is 0.0114. The SMILES string of the molecule is COCCn1cc(S(=O)(=O)NCC(CC(C)C)C(=O)O)cn1. The Morgan fingerprint density at radius 2 is 2.18 bits per heavy atom. The summed E-state index contributed by atoms with van der Waals surface area (Å²) in [5.74, 6) is -1.59. The van der Waals surface area contributed by atoms with Crippen LogP contribution in [0.3, 0.4) is 0 Å². The number of aliphatic carboxylic acids is 1. The number of hydrogen-bond donors (Lipinski definition) is 2. The quantitative estimate of drug-likeness (QED) is 0.647. The van der Waals surface area contributed by atoms with Gasteiger partial charge in [0.05, 0.1) is 25.3 Å². The summed E-state index contributed by atoms with van der Waals surface area (Å²) in [4.78, 5) is 11.2. The molecule has 1 rings (SSSR count). The number of nitrogens with one attached hydrogen (secondary N) is 1. The molecule has 8 nitrogen and oxygen atoms in total. The standard InChI is InChI=1S/C13H23N3O5S/c1-10(2)6-11(13(17)18)7-15-22(19,20)12-8-14-16(9-12)4-5-21-3/h8-11,15H,4-7H2,1-3H3,(H,17,18). The lowest BCUT2D eigenvalue weighted by Gasteiger charge is -2.15. The highest BCUT2D eigenvalue weighted by Crippen LogP contribution is 2.13. The summed E-state index contributed by atoms with van der Waals surface area (Å²) in [6.45, 7) is 4.51. The molecule has 1 heterocycles. The number of sulfonamides is 1. The predicted molar refractivity (Wildman–Crippen MR) is 79.9 cm³/mol. The Morgan fingerprint density at radius 3 is 2.73 bits per heavy atom. The number of carbonyl (C=O) groups is 1. The van der Waals surface area contributed by atoms with Crippen LogP contribution in [0.25, 0.3) is 0 Å². The molecule has 0 bridgehead atoms. The van der Waals surface area contributed by atoms with Crippen LogP contribution in [0.15, 0.2) is 17.3 Å².